The number of carbonyl (C=O) groups is 1. The number of nitrogens with one attached hydrogen (secondary N) is 1. The first kappa shape index (κ1) is 10.0. The molecule has 1 N–H and O–H groups in total. The van der Waals surface area contributed by atoms with Crippen molar-refractivity contribution in [2.24, 2.45) is 11.3 Å². The monoisotopic (exact) mass is 195 g/mol. The third-order valence-electron chi connectivity index (χ3n) is 4.18. The summed E-state index contributed by atoms with van der Waals surface area (Å²) >= 11 is 0. The molecule has 0 heterocycles. The van der Waals surface area contributed by atoms with Gasteiger partial charge in [0.2, 0.25) is 5.91 Å². The van der Waals surface area contributed by atoms with Gasteiger partial charge >= 0.3 is 0 Å². The molecule has 0 radical (unpaired) electrons. The van der Waals surface area contributed by atoms with Crippen LogP contribution in [0.15, 0.2) is 0 Å². The quantitative estimate of drug-likeness (QED) is 0.720. The SMILES string of the molecule is CC1CCCC1NC(=O)C1(C)CCC1. The Morgan fingerprint density at radius 3 is 2.43 bits per heavy atom. The average Bonchev–Trinajstić information content (AvgIpc) is 2.48. The summed E-state index contributed by atoms with van der Waals surface area (Å²) < 4.78 is 0. The van der Waals surface area contributed by atoms with Gasteiger partial charge in [0.25, 0.3) is 0 Å². The van der Waals surface area contributed by atoms with Gasteiger partial charge in [-0.05, 0) is 31.6 Å². The first-order chi connectivity index (χ1) is 6.62. The van der Waals surface area contributed by atoms with Crippen LogP contribution >= 0.6 is 0 Å². The van der Waals surface area contributed by atoms with Crippen molar-refractivity contribution >= 4 is 5.91 Å². The summed E-state index contributed by atoms with van der Waals surface area (Å²) in [5.41, 5.74) is -0.0255. The predicted molar refractivity (Wildman–Crippen MR) is 56.9 cm³/mol. The van der Waals surface area contributed by atoms with Gasteiger partial charge in [0.05, 0.1) is 0 Å². The summed E-state index contributed by atoms with van der Waals surface area (Å²) in [7, 11) is 0. The molecular weight excluding hydrogens is 174 g/mol. The third-order valence-corrected chi connectivity index (χ3v) is 4.18. The lowest BCUT2D eigenvalue weighted by molar-refractivity contribution is -0.135. The number of hydrogen-bond donors (Lipinski definition) is 1. The fourth-order valence-corrected chi connectivity index (χ4v) is 2.64. The summed E-state index contributed by atoms with van der Waals surface area (Å²) in [6, 6.07) is 0.458. The van der Waals surface area contributed by atoms with Crippen LogP contribution in [-0.2, 0) is 4.79 Å². The van der Waals surface area contributed by atoms with Gasteiger partial charge in [-0.25, -0.2) is 0 Å². The van der Waals surface area contributed by atoms with E-state index in [1.54, 1.807) is 0 Å². The van der Waals surface area contributed by atoms with E-state index in [1.165, 1.54) is 25.7 Å². The summed E-state index contributed by atoms with van der Waals surface area (Å²) in [5, 5.41) is 3.23. The van der Waals surface area contributed by atoms with E-state index in [1.807, 2.05) is 0 Å². The second-order valence-corrected chi connectivity index (χ2v) is 5.40. The second kappa shape index (κ2) is 3.56. The minimum atomic E-state index is -0.0255. The van der Waals surface area contributed by atoms with E-state index >= 15 is 0 Å². The third kappa shape index (κ3) is 1.67. The van der Waals surface area contributed by atoms with E-state index in [0.29, 0.717) is 17.9 Å². The Morgan fingerprint density at radius 1 is 1.29 bits per heavy atom. The fourth-order valence-electron chi connectivity index (χ4n) is 2.64. The molecule has 0 bridgehead atoms. The summed E-state index contributed by atoms with van der Waals surface area (Å²) in [6.07, 6.45) is 7.14. The molecule has 2 fully saturated rings. The van der Waals surface area contributed by atoms with Crippen molar-refractivity contribution in [2.45, 2.75) is 58.4 Å². The highest BCUT2D eigenvalue weighted by molar-refractivity contribution is 5.83. The Kier molecular flexibility index (Phi) is 2.54. The van der Waals surface area contributed by atoms with Gasteiger partial charge in [-0.3, -0.25) is 4.79 Å². The molecule has 2 aliphatic carbocycles. The second-order valence-electron chi connectivity index (χ2n) is 5.40. The van der Waals surface area contributed by atoms with E-state index < -0.39 is 0 Å². The zero-order chi connectivity index (χ0) is 10.2. The van der Waals surface area contributed by atoms with Gasteiger partial charge in [-0.1, -0.05) is 26.7 Å². The normalized spacial score (nSPS) is 35.0. The van der Waals surface area contributed by atoms with Crippen LogP contribution in [-0.4, -0.2) is 11.9 Å². The predicted octanol–water partition coefficient (Wildman–Crippen LogP) is 2.48. The zero-order valence-electron chi connectivity index (χ0n) is 9.31. The highest BCUT2D eigenvalue weighted by Crippen LogP contribution is 2.41. The molecule has 0 aromatic carbocycles. The molecule has 0 aliphatic heterocycles. The standard InChI is InChI=1S/C12H21NO/c1-9-5-3-6-10(9)13-11(14)12(2)7-4-8-12/h9-10H,3-8H2,1-2H3,(H,13,14). The Labute approximate surface area is 86.5 Å². The van der Waals surface area contributed by atoms with E-state index in [4.69, 9.17) is 0 Å². The topological polar surface area (TPSA) is 29.1 Å². The number of carbonyl (C=O) groups excluding carboxylic acids is 1. The molecule has 2 rings (SSSR count). The van der Waals surface area contributed by atoms with Gasteiger partial charge in [0, 0.05) is 11.5 Å². The van der Waals surface area contributed by atoms with Crippen LogP contribution in [0.5, 0.6) is 0 Å². The fraction of sp³-hybridized carbons (Fsp3) is 0.917. The van der Waals surface area contributed by atoms with Crippen molar-refractivity contribution < 1.29 is 4.79 Å². The number of amides is 1. The Balaban J connectivity index is 1.87. The van der Waals surface area contributed by atoms with Crippen molar-refractivity contribution in [1.29, 1.82) is 0 Å². The average molecular weight is 195 g/mol. The molecule has 0 aromatic rings. The minimum Gasteiger partial charge on any atom is -0.353 e. The van der Waals surface area contributed by atoms with E-state index in [2.05, 4.69) is 19.2 Å². The van der Waals surface area contributed by atoms with Crippen LogP contribution in [0.1, 0.15) is 52.4 Å². The lowest BCUT2D eigenvalue weighted by Gasteiger charge is -2.37. The van der Waals surface area contributed by atoms with E-state index in [9.17, 15) is 4.79 Å². The van der Waals surface area contributed by atoms with Crippen LogP contribution in [0.4, 0.5) is 0 Å². The summed E-state index contributed by atoms with van der Waals surface area (Å²) in [6.45, 7) is 4.35. The molecular formula is C12H21NO. The lowest BCUT2D eigenvalue weighted by Crippen LogP contribution is -2.48. The van der Waals surface area contributed by atoms with Crippen molar-refractivity contribution in [3.63, 3.8) is 0 Å². The van der Waals surface area contributed by atoms with Gasteiger partial charge in [0.15, 0.2) is 0 Å². The maximum Gasteiger partial charge on any atom is 0.226 e. The van der Waals surface area contributed by atoms with Crippen LogP contribution in [0.2, 0.25) is 0 Å². The molecule has 1 amide bonds. The minimum absolute atomic E-state index is 0.0255. The van der Waals surface area contributed by atoms with Crippen LogP contribution < -0.4 is 5.32 Å². The maximum absolute atomic E-state index is 11.9. The van der Waals surface area contributed by atoms with Crippen molar-refractivity contribution in [3.8, 4) is 0 Å². The zero-order valence-corrected chi connectivity index (χ0v) is 9.31. The van der Waals surface area contributed by atoms with E-state index in [-0.39, 0.29) is 5.41 Å². The van der Waals surface area contributed by atoms with Crippen LogP contribution in [0.25, 0.3) is 0 Å². The Hall–Kier alpha value is -0.530. The van der Waals surface area contributed by atoms with Gasteiger partial charge in [-0.2, -0.15) is 0 Å². The lowest BCUT2D eigenvalue weighted by atomic mass is 9.69. The molecule has 2 atom stereocenters. The summed E-state index contributed by atoms with van der Waals surface area (Å²) in [5.74, 6) is 0.991. The van der Waals surface area contributed by atoms with Gasteiger partial charge < -0.3 is 5.32 Å². The Bertz CT molecular complexity index is 232. The number of hydrogen-bond acceptors (Lipinski definition) is 1. The highest BCUT2D eigenvalue weighted by Gasteiger charge is 2.40. The van der Waals surface area contributed by atoms with Gasteiger partial charge in [-0.15, -0.1) is 0 Å². The number of rotatable bonds is 2. The highest BCUT2D eigenvalue weighted by atomic mass is 16.2. The molecule has 0 spiro atoms. The van der Waals surface area contributed by atoms with Crippen molar-refractivity contribution in [3.05, 3.63) is 0 Å². The molecule has 2 aliphatic rings. The van der Waals surface area contributed by atoms with Crippen molar-refractivity contribution in [2.75, 3.05) is 0 Å². The van der Waals surface area contributed by atoms with Crippen LogP contribution in [0, 0.1) is 11.3 Å². The maximum atomic E-state index is 11.9. The molecule has 0 saturated heterocycles. The van der Waals surface area contributed by atoms with Gasteiger partial charge in [0.1, 0.15) is 0 Å². The molecule has 2 nitrogen and oxygen atoms in total. The smallest absolute Gasteiger partial charge is 0.226 e. The Morgan fingerprint density at radius 2 is 2.00 bits per heavy atom. The largest absolute Gasteiger partial charge is 0.353 e. The summed E-state index contributed by atoms with van der Waals surface area (Å²) in [4.78, 5) is 11.9. The first-order valence-electron chi connectivity index (χ1n) is 5.93. The molecule has 2 heteroatoms. The first-order valence-corrected chi connectivity index (χ1v) is 5.93. The molecule has 2 unspecified atom stereocenters. The van der Waals surface area contributed by atoms with E-state index in [0.717, 1.165) is 12.8 Å². The molecule has 80 valence electrons. The molecule has 0 aromatic heterocycles. The van der Waals surface area contributed by atoms with Crippen molar-refractivity contribution in [1.82, 2.24) is 5.32 Å². The molecule has 14 heavy (non-hydrogen) atoms. The molecule has 2 saturated carbocycles. The van der Waals surface area contributed by atoms with Crippen LogP contribution in [0.3, 0.4) is 0 Å².